The average Bonchev–Trinajstić information content (AvgIpc) is 2.59. The fourth-order valence-corrected chi connectivity index (χ4v) is 4.23. The first-order valence-electron chi connectivity index (χ1n) is 9.31. The second-order valence-corrected chi connectivity index (χ2v) is 7.13. The van der Waals surface area contributed by atoms with E-state index in [0.29, 0.717) is 0 Å². The summed E-state index contributed by atoms with van der Waals surface area (Å²) in [6.07, 6.45) is 10.9. The summed E-state index contributed by atoms with van der Waals surface area (Å²) in [5.74, 6) is 0. The first-order valence-corrected chi connectivity index (χ1v) is 9.31. The van der Waals surface area contributed by atoms with Crippen LogP contribution in [0, 0.1) is 0 Å². The molecule has 1 aliphatic carbocycles. The lowest BCUT2D eigenvalue weighted by atomic mass is 9.89. The zero-order valence-electron chi connectivity index (χ0n) is 14.1. The Kier molecular flexibility index (Phi) is 5.54. The number of aryl methyl sites for hydroxylation is 2. The van der Waals surface area contributed by atoms with Crippen LogP contribution in [0.1, 0.15) is 74.7 Å². The summed E-state index contributed by atoms with van der Waals surface area (Å²) in [7, 11) is 0. The molecule has 0 radical (unpaired) electrons. The molecule has 1 saturated heterocycles. The molecule has 0 aromatic heterocycles. The standard InChI is InChI=1S/C20H31NO/c1-2-19-9-5-6-13-21(19)14-12-20(22)18-11-10-16-7-3-4-8-17(16)15-18/h10-11,15,19-20,22H,2-9,12-14H2,1H3. The number of piperidine rings is 1. The van der Waals surface area contributed by atoms with Crippen LogP contribution in [0.3, 0.4) is 0 Å². The number of fused-ring (bicyclic) bond motifs is 1. The monoisotopic (exact) mass is 301 g/mol. The molecule has 0 bridgehead atoms. The molecule has 0 saturated carbocycles. The van der Waals surface area contributed by atoms with Crippen LogP contribution in [0.4, 0.5) is 0 Å². The van der Waals surface area contributed by atoms with E-state index < -0.39 is 0 Å². The number of rotatable bonds is 5. The van der Waals surface area contributed by atoms with Gasteiger partial charge in [0.25, 0.3) is 0 Å². The van der Waals surface area contributed by atoms with Crippen molar-refractivity contribution in [3.05, 3.63) is 34.9 Å². The van der Waals surface area contributed by atoms with Crippen molar-refractivity contribution in [3.63, 3.8) is 0 Å². The first kappa shape index (κ1) is 16.0. The quantitative estimate of drug-likeness (QED) is 0.878. The molecular formula is C20H31NO. The molecule has 1 aliphatic heterocycles. The van der Waals surface area contributed by atoms with E-state index in [-0.39, 0.29) is 6.10 Å². The van der Waals surface area contributed by atoms with Gasteiger partial charge in [0.05, 0.1) is 6.10 Å². The number of likely N-dealkylation sites (tertiary alicyclic amines) is 1. The number of hydrogen-bond donors (Lipinski definition) is 1. The van der Waals surface area contributed by atoms with Crippen molar-refractivity contribution < 1.29 is 5.11 Å². The van der Waals surface area contributed by atoms with Crippen LogP contribution >= 0.6 is 0 Å². The van der Waals surface area contributed by atoms with Gasteiger partial charge in [-0.15, -0.1) is 0 Å². The third kappa shape index (κ3) is 3.72. The van der Waals surface area contributed by atoms with E-state index in [1.54, 1.807) is 0 Å². The summed E-state index contributed by atoms with van der Waals surface area (Å²) < 4.78 is 0. The van der Waals surface area contributed by atoms with Crippen LogP contribution in [-0.4, -0.2) is 29.1 Å². The van der Waals surface area contributed by atoms with E-state index in [9.17, 15) is 5.11 Å². The highest BCUT2D eigenvalue weighted by Gasteiger charge is 2.21. The van der Waals surface area contributed by atoms with E-state index in [1.807, 2.05) is 0 Å². The highest BCUT2D eigenvalue weighted by molar-refractivity contribution is 5.34. The lowest BCUT2D eigenvalue weighted by molar-refractivity contribution is 0.101. The van der Waals surface area contributed by atoms with E-state index >= 15 is 0 Å². The van der Waals surface area contributed by atoms with Crippen molar-refractivity contribution in [1.82, 2.24) is 4.90 Å². The smallest absolute Gasteiger partial charge is 0.0802 e. The Morgan fingerprint density at radius 3 is 2.77 bits per heavy atom. The maximum atomic E-state index is 10.6. The fourth-order valence-electron chi connectivity index (χ4n) is 4.23. The van der Waals surface area contributed by atoms with Gasteiger partial charge >= 0.3 is 0 Å². The molecule has 1 aromatic carbocycles. The predicted molar refractivity (Wildman–Crippen MR) is 92.2 cm³/mol. The van der Waals surface area contributed by atoms with Gasteiger partial charge in [-0.1, -0.05) is 31.5 Å². The molecule has 2 atom stereocenters. The molecule has 1 aromatic rings. The van der Waals surface area contributed by atoms with Gasteiger partial charge in [-0.05, 0) is 74.6 Å². The van der Waals surface area contributed by atoms with Crippen molar-refractivity contribution in [2.75, 3.05) is 13.1 Å². The number of hydrogen-bond acceptors (Lipinski definition) is 2. The molecule has 2 aliphatic rings. The molecule has 1 N–H and O–H groups in total. The van der Waals surface area contributed by atoms with Crippen molar-refractivity contribution in [3.8, 4) is 0 Å². The van der Waals surface area contributed by atoms with Gasteiger partial charge < -0.3 is 10.0 Å². The number of nitrogens with zero attached hydrogens (tertiary/aromatic N) is 1. The molecule has 0 amide bonds. The van der Waals surface area contributed by atoms with Gasteiger partial charge in [0.15, 0.2) is 0 Å². The summed E-state index contributed by atoms with van der Waals surface area (Å²) >= 11 is 0. The van der Waals surface area contributed by atoms with Gasteiger partial charge in [-0.25, -0.2) is 0 Å². The molecule has 122 valence electrons. The van der Waals surface area contributed by atoms with Crippen LogP contribution in [0.15, 0.2) is 18.2 Å². The second-order valence-electron chi connectivity index (χ2n) is 7.13. The summed E-state index contributed by atoms with van der Waals surface area (Å²) in [4.78, 5) is 2.60. The lowest BCUT2D eigenvalue weighted by Gasteiger charge is -2.35. The normalized spacial score (nSPS) is 24.0. The highest BCUT2D eigenvalue weighted by atomic mass is 16.3. The van der Waals surface area contributed by atoms with E-state index in [2.05, 4.69) is 30.0 Å². The summed E-state index contributed by atoms with van der Waals surface area (Å²) in [5.41, 5.74) is 4.11. The van der Waals surface area contributed by atoms with Crippen LogP contribution in [0.5, 0.6) is 0 Å². The topological polar surface area (TPSA) is 23.5 Å². The minimum Gasteiger partial charge on any atom is -0.388 e. The summed E-state index contributed by atoms with van der Waals surface area (Å²) in [6.45, 7) is 4.55. The van der Waals surface area contributed by atoms with E-state index in [1.165, 1.54) is 69.0 Å². The van der Waals surface area contributed by atoms with Gasteiger partial charge in [-0.3, -0.25) is 0 Å². The molecule has 2 unspecified atom stereocenters. The Morgan fingerprint density at radius 2 is 1.95 bits per heavy atom. The molecule has 2 nitrogen and oxygen atoms in total. The molecule has 1 heterocycles. The zero-order chi connectivity index (χ0) is 15.4. The molecule has 1 fully saturated rings. The zero-order valence-corrected chi connectivity index (χ0v) is 14.1. The van der Waals surface area contributed by atoms with E-state index in [4.69, 9.17) is 0 Å². The first-order chi connectivity index (χ1) is 10.8. The Labute approximate surface area is 135 Å². The third-order valence-electron chi connectivity index (χ3n) is 5.67. The van der Waals surface area contributed by atoms with Crippen LogP contribution < -0.4 is 0 Å². The van der Waals surface area contributed by atoms with Crippen LogP contribution in [0.2, 0.25) is 0 Å². The Morgan fingerprint density at radius 1 is 1.14 bits per heavy atom. The Hall–Kier alpha value is -0.860. The molecular weight excluding hydrogens is 270 g/mol. The molecule has 2 heteroatoms. The van der Waals surface area contributed by atoms with Crippen molar-refractivity contribution in [1.29, 1.82) is 0 Å². The number of aliphatic hydroxyl groups is 1. The van der Waals surface area contributed by atoms with Gasteiger partial charge in [0.2, 0.25) is 0 Å². The Bertz CT molecular complexity index is 485. The third-order valence-corrected chi connectivity index (χ3v) is 5.67. The van der Waals surface area contributed by atoms with Crippen molar-refractivity contribution in [2.24, 2.45) is 0 Å². The lowest BCUT2D eigenvalue weighted by Crippen LogP contribution is -2.40. The molecule has 22 heavy (non-hydrogen) atoms. The van der Waals surface area contributed by atoms with Gasteiger partial charge in [0, 0.05) is 12.6 Å². The molecule has 3 rings (SSSR count). The van der Waals surface area contributed by atoms with Crippen molar-refractivity contribution >= 4 is 0 Å². The van der Waals surface area contributed by atoms with Gasteiger partial charge in [0.1, 0.15) is 0 Å². The number of benzene rings is 1. The van der Waals surface area contributed by atoms with Gasteiger partial charge in [-0.2, -0.15) is 0 Å². The minimum absolute atomic E-state index is 0.299. The van der Waals surface area contributed by atoms with Crippen molar-refractivity contribution in [2.45, 2.75) is 76.9 Å². The average molecular weight is 301 g/mol. The fraction of sp³-hybridized carbons (Fsp3) is 0.700. The SMILES string of the molecule is CCC1CCCCN1CCC(O)c1ccc2c(c1)CCCC2. The number of aliphatic hydroxyl groups excluding tert-OH is 1. The second kappa shape index (κ2) is 7.61. The Balaban J connectivity index is 1.58. The van der Waals surface area contributed by atoms with E-state index in [0.717, 1.165) is 24.6 Å². The minimum atomic E-state index is -0.299. The maximum Gasteiger partial charge on any atom is 0.0802 e. The van der Waals surface area contributed by atoms with Crippen LogP contribution in [0.25, 0.3) is 0 Å². The predicted octanol–water partition coefficient (Wildman–Crippen LogP) is 4.25. The summed E-state index contributed by atoms with van der Waals surface area (Å²) in [6, 6.07) is 7.42. The molecule has 0 spiro atoms. The maximum absolute atomic E-state index is 10.6. The largest absolute Gasteiger partial charge is 0.388 e. The highest BCUT2D eigenvalue weighted by Crippen LogP contribution is 2.27. The van der Waals surface area contributed by atoms with Crippen LogP contribution in [-0.2, 0) is 12.8 Å². The summed E-state index contributed by atoms with van der Waals surface area (Å²) in [5, 5.41) is 10.6.